The van der Waals surface area contributed by atoms with Gasteiger partial charge in [-0.2, -0.15) is 5.10 Å². The van der Waals surface area contributed by atoms with Crippen molar-refractivity contribution in [2.75, 3.05) is 25.6 Å². The van der Waals surface area contributed by atoms with E-state index in [0.29, 0.717) is 29.4 Å². The lowest BCUT2D eigenvalue weighted by molar-refractivity contribution is -0.119. The number of benzene rings is 2. The van der Waals surface area contributed by atoms with Crippen LogP contribution in [0.2, 0.25) is 0 Å². The number of nitrogens with zero attached hydrogens (tertiary/aromatic N) is 1. The number of carbonyl (C=O) groups excluding carboxylic acids is 1. The fraction of sp³-hybridized carbons (Fsp3) is 0.222. The van der Waals surface area contributed by atoms with E-state index in [1.807, 2.05) is 25.1 Å². The number of amides is 1. The minimum absolute atomic E-state index is 0.0190. The minimum Gasteiger partial charge on any atom is -0.504 e. The number of aromatic hydroxyl groups is 1. The van der Waals surface area contributed by atoms with Crippen molar-refractivity contribution >= 4 is 17.8 Å². The van der Waals surface area contributed by atoms with Crippen LogP contribution in [0.25, 0.3) is 0 Å². The van der Waals surface area contributed by atoms with Crippen LogP contribution in [0.5, 0.6) is 17.2 Å². The summed E-state index contributed by atoms with van der Waals surface area (Å²) in [5.41, 5.74) is 3.55. The minimum atomic E-state index is -0.331. The summed E-state index contributed by atoms with van der Waals surface area (Å²) in [7, 11) is 1.56. The lowest BCUT2D eigenvalue weighted by atomic mass is 10.2. The van der Waals surface area contributed by atoms with Crippen LogP contribution in [-0.2, 0) is 4.79 Å². The molecule has 0 saturated carbocycles. The van der Waals surface area contributed by atoms with E-state index in [1.165, 1.54) is 6.21 Å². The molecule has 2 rings (SSSR count). The zero-order valence-corrected chi connectivity index (χ0v) is 14.2. The molecule has 25 heavy (non-hydrogen) atoms. The van der Waals surface area contributed by atoms with Crippen molar-refractivity contribution in [1.29, 1.82) is 0 Å². The number of phenolic OH excluding ortho intramolecular Hbond substituents is 1. The third-order valence-electron chi connectivity index (χ3n) is 3.27. The number of hydrazone groups is 1. The third-order valence-corrected chi connectivity index (χ3v) is 3.27. The van der Waals surface area contributed by atoms with Gasteiger partial charge in [-0.1, -0.05) is 18.2 Å². The van der Waals surface area contributed by atoms with Crippen molar-refractivity contribution in [3.63, 3.8) is 0 Å². The second kappa shape index (κ2) is 9.17. The van der Waals surface area contributed by atoms with Gasteiger partial charge in [-0.25, -0.2) is 5.43 Å². The normalized spacial score (nSPS) is 10.5. The van der Waals surface area contributed by atoms with Crippen LogP contribution in [0, 0.1) is 0 Å². The van der Waals surface area contributed by atoms with Crippen molar-refractivity contribution in [1.82, 2.24) is 5.43 Å². The molecule has 0 aliphatic rings. The predicted molar refractivity (Wildman–Crippen MR) is 96.5 cm³/mol. The first-order valence-electron chi connectivity index (χ1n) is 7.79. The van der Waals surface area contributed by atoms with Crippen LogP contribution in [0.3, 0.4) is 0 Å². The topological polar surface area (TPSA) is 92.2 Å². The molecule has 7 heteroatoms. The molecule has 0 aliphatic heterocycles. The number of rotatable bonds is 8. The smallest absolute Gasteiger partial charge is 0.259 e. The van der Waals surface area contributed by atoms with Gasteiger partial charge in [-0.3, -0.25) is 4.79 Å². The van der Waals surface area contributed by atoms with Gasteiger partial charge in [0.05, 0.1) is 32.2 Å². The summed E-state index contributed by atoms with van der Waals surface area (Å²) in [5, 5.41) is 16.9. The van der Waals surface area contributed by atoms with Gasteiger partial charge in [-0.05, 0) is 31.2 Å². The van der Waals surface area contributed by atoms with E-state index >= 15 is 0 Å². The van der Waals surface area contributed by atoms with Gasteiger partial charge in [0.15, 0.2) is 11.5 Å². The molecule has 0 atom stereocenters. The molecule has 0 fully saturated rings. The summed E-state index contributed by atoms with van der Waals surface area (Å²) >= 11 is 0. The van der Waals surface area contributed by atoms with Gasteiger partial charge >= 0.3 is 0 Å². The molecule has 0 aliphatic carbocycles. The van der Waals surface area contributed by atoms with E-state index in [1.54, 1.807) is 31.4 Å². The maximum absolute atomic E-state index is 11.8. The highest BCUT2D eigenvalue weighted by molar-refractivity contribution is 5.87. The van der Waals surface area contributed by atoms with Crippen molar-refractivity contribution in [2.45, 2.75) is 6.92 Å². The quantitative estimate of drug-likeness (QED) is 0.505. The standard InChI is InChI=1S/C18H21N3O4/c1-3-25-16-10-6-7-13(18(16)23)11-20-21-17(22)12-19-14-8-4-5-9-15(14)24-2/h4-11,19,23H,3,12H2,1-2H3,(H,21,22)/b20-11+. The van der Waals surface area contributed by atoms with Gasteiger partial charge in [0.1, 0.15) is 5.75 Å². The lowest BCUT2D eigenvalue weighted by Gasteiger charge is -2.09. The third kappa shape index (κ3) is 5.13. The fourth-order valence-corrected chi connectivity index (χ4v) is 2.09. The Labute approximate surface area is 146 Å². The SMILES string of the molecule is CCOc1cccc(/C=N/NC(=O)CNc2ccccc2OC)c1O. The predicted octanol–water partition coefficient (Wildman–Crippen LogP) is 2.36. The summed E-state index contributed by atoms with van der Waals surface area (Å²) in [6, 6.07) is 12.4. The Bertz CT molecular complexity index is 747. The average molecular weight is 343 g/mol. The Morgan fingerprint density at radius 1 is 1.20 bits per heavy atom. The van der Waals surface area contributed by atoms with Crippen molar-refractivity contribution in [2.24, 2.45) is 5.10 Å². The number of phenols is 1. The van der Waals surface area contributed by atoms with Gasteiger partial charge < -0.3 is 19.9 Å². The maximum atomic E-state index is 11.8. The van der Waals surface area contributed by atoms with E-state index in [-0.39, 0.29) is 18.2 Å². The highest BCUT2D eigenvalue weighted by atomic mass is 16.5. The monoisotopic (exact) mass is 343 g/mol. The van der Waals surface area contributed by atoms with E-state index in [2.05, 4.69) is 15.8 Å². The summed E-state index contributed by atoms with van der Waals surface area (Å²) in [4.78, 5) is 11.8. The molecule has 0 heterocycles. The molecule has 1 amide bonds. The number of hydrogen-bond acceptors (Lipinski definition) is 6. The molecule has 0 unspecified atom stereocenters. The number of anilines is 1. The van der Waals surface area contributed by atoms with Gasteiger partial charge in [-0.15, -0.1) is 0 Å². The highest BCUT2D eigenvalue weighted by Gasteiger charge is 2.06. The number of nitrogens with one attached hydrogen (secondary N) is 2. The van der Waals surface area contributed by atoms with E-state index in [0.717, 1.165) is 0 Å². The van der Waals surface area contributed by atoms with E-state index in [9.17, 15) is 9.90 Å². The number of ether oxygens (including phenoxy) is 2. The molecular weight excluding hydrogens is 322 g/mol. The van der Waals surface area contributed by atoms with Crippen molar-refractivity contribution in [3.05, 3.63) is 48.0 Å². The Kier molecular flexibility index (Phi) is 6.65. The zero-order chi connectivity index (χ0) is 18.1. The van der Waals surface area contributed by atoms with Crippen molar-refractivity contribution in [3.8, 4) is 17.2 Å². The van der Waals surface area contributed by atoms with E-state index in [4.69, 9.17) is 9.47 Å². The average Bonchev–Trinajstić information content (AvgIpc) is 2.63. The molecule has 0 radical (unpaired) electrons. The second-order valence-electron chi connectivity index (χ2n) is 4.97. The molecule has 0 saturated heterocycles. The van der Waals surface area contributed by atoms with Crippen LogP contribution in [-0.4, -0.2) is 37.5 Å². The molecule has 0 aromatic heterocycles. The Morgan fingerprint density at radius 3 is 2.72 bits per heavy atom. The largest absolute Gasteiger partial charge is 0.504 e. The Hall–Kier alpha value is -3.22. The van der Waals surface area contributed by atoms with Gasteiger partial charge in [0.2, 0.25) is 0 Å². The second-order valence-corrected chi connectivity index (χ2v) is 4.97. The number of para-hydroxylation sites is 3. The molecule has 0 bridgehead atoms. The summed E-state index contributed by atoms with van der Waals surface area (Å²) in [6.07, 6.45) is 1.36. The maximum Gasteiger partial charge on any atom is 0.259 e. The highest BCUT2D eigenvalue weighted by Crippen LogP contribution is 2.28. The first kappa shape index (κ1) is 18.1. The van der Waals surface area contributed by atoms with Gasteiger partial charge in [0.25, 0.3) is 5.91 Å². The number of methoxy groups -OCH3 is 1. The van der Waals surface area contributed by atoms with Crippen LogP contribution >= 0.6 is 0 Å². The summed E-state index contributed by atoms with van der Waals surface area (Å²) < 4.78 is 10.5. The zero-order valence-electron chi connectivity index (χ0n) is 14.2. The Morgan fingerprint density at radius 2 is 1.96 bits per heavy atom. The van der Waals surface area contributed by atoms with Gasteiger partial charge in [0, 0.05) is 5.56 Å². The van der Waals surface area contributed by atoms with Crippen LogP contribution in [0.1, 0.15) is 12.5 Å². The summed E-state index contributed by atoms with van der Waals surface area (Å²) in [6.45, 7) is 2.30. The molecule has 132 valence electrons. The van der Waals surface area contributed by atoms with Crippen molar-refractivity contribution < 1.29 is 19.4 Å². The first-order chi connectivity index (χ1) is 12.2. The van der Waals surface area contributed by atoms with E-state index < -0.39 is 0 Å². The van der Waals surface area contributed by atoms with Crippen LogP contribution in [0.4, 0.5) is 5.69 Å². The molecule has 2 aromatic carbocycles. The molecular formula is C18H21N3O4. The summed E-state index contributed by atoms with van der Waals surface area (Å²) in [5.74, 6) is 0.671. The molecule has 3 N–H and O–H groups in total. The van der Waals surface area contributed by atoms with Crippen LogP contribution < -0.4 is 20.2 Å². The molecule has 0 spiro atoms. The number of carbonyl (C=O) groups is 1. The van der Waals surface area contributed by atoms with Crippen LogP contribution in [0.15, 0.2) is 47.6 Å². The molecule has 2 aromatic rings. The number of hydrogen-bond donors (Lipinski definition) is 3. The molecule has 7 nitrogen and oxygen atoms in total. The Balaban J connectivity index is 1.89. The fourth-order valence-electron chi connectivity index (χ4n) is 2.09. The lowest BCUT2D eigenvalue weighted by Crippen LogP contribution is -2.26. The first-order valence-corrected chi connectivity index (χ1v) is 7.79.